The van der Waals surface area contributed by atoms with Crippen molar-refractivity contribution in [2.24, 2.45) is 5.92 Å². The number of likely N-dealkylation sites (N-methyl/N-ethyl adjacent to an activating group) is 1. The molecule has 1 amide bonds. The summed E-state index contributed by atoms with van der Waals surface area (Å²) < 4.78 is 5.40. The number of amides is 1. The molecule has 2 atom stereocenters. The van der Waals surface area contributed by atoms with Crippen LogP contribution in [0.5, 0.6) is 0 Å². The van der Waals surface area contributed by atoms with Crippen LogP contribution in [0, 0.1) is 5.92 Å². The molecule has 0 aromatic rings. The lowest BCUT2D eigenvalue weighted by Crippen LogP contribution is -2.49. The van der Waals surface area contributed by atoms with Crippen molar-refractivity contribution in [2.75, 3.05) is 33.4 Å². The first-order valence-electron chi connectivity index (χ1n) is 7.57. The van der Waals surface area contributed by atoms with Crippen LogP contribution >= 0.6 is 0 Å². The smallest absolute Gasteiger partial charge is 0.227 e. The van der Waals surface area contributed by atoms with Gasteiger partial charge >= 0.3 is 0 Å². The highest BCUT2D eigenvalue weighted by Gasteiger charge is 2.36. The minimum atomic E-state index is -0.0218. The number of piperidine rings is 1. The largest absolute Gasteiger partial charge is 0.379 e. The highest BCUT2D eigenvalue weighted by atomic mass is 16.5. The van der Waals surface area contributed by atoms with Gasteiger partial charge in [-0.3, -0.25) is 4.79 Å². The Bertz CT molecular complexity index is 325. The van der Waals surface area contributed by atoms with Crippen LogP contribution in [0.25, 0.3) is 0 Å². The summed E-state index contributed by atoms with van der Waals surface area (Å²) in [6.45, 7) is 3.49. The van der Waals surface area contributed by atoms with Gasteiger partial charge in [-0.05, 0) is 32.7 Å². The molecular weight excluding hydrogens is 242 g/mol. The van der Waals surface area contributed by atoms with Crippen LogP contribution in [0.15, 0.2) is 0 Å². The first-order valence-corrected chi connectivity index (χ1v) is 7.57. The van der Waals surface area contributed by atoms with Crippen LogP contribution in [0.3, 0.4) is 0 Å². The highest BCUT2D eigenvalue weighted by molar-refractivity contribution is 5.80. The standard InChI is InChI=1S/C14H25N3O2/c1-15-13-9-19-8-12(13)14(18)16-10-4-6-17(7-5-10)11-2-3-11/h10-13,15H,2-9H2,1H3,(H,16,18). The van der Waals surface area contributed by atoms with Gasteiger partial charge < -0.3 is 20.3 Å². The van der Waals surface area contributed by atoms with Crippen LogP contribution < -0.4 is 10.6 Å². The third-order valence-electron chi connectivity index (χ3n) is 4.73. The lowest BCUT2D eigenvalue weighted by atomic mass is 10.00. The first-order chi connectivity index (χ1) is 9.28. The minimum absolute atomic E-state index is 0.0218. The molecule has 0 bridgehead atoms. The van der Waals surface area contributed by atoms with E-state index in [9.17, 15) is 4.79 Å². The van der Waals surface area contributed by atoms with Crippen LogP contribution in [-0.4, -0.2) is 62.3 Å². The number of likely N-dealkylation sites (tertiary alicyclic amines) is 1. The Morgan fingerprint density at radius 2 is 1.89 bits per heavy atom. The predicted octanol–water partition coefficient (Wildman–Crippen LogP) is -0.0362. The number of ether oxygens (including phenoxy) is 1. The fraction of sp³-hybridized carbons (Fsp3) is 0.929. The average molecular weight is 267 g/mol. The molecule has 3 rings (SSSR count). The van der Waals surface area contributed by atoms with Crippen molar-refractivity contribution in [1.29, 1.82) is 0 Å². The van der Waals surface area contributed by atoms with Gasteiger partial charge in [-0.2, -0.15) is 0 Å². The molecule has 1 aliphatic carbocycles. The van der Waals surface area contributed by atoms with E-state index in [2.05, 4.69) is 15.5 Å². The average Bonchev–Trinajstić information content (AvgIpc) is 3.16. The second kappa shape index (κ2) is 5.77. The zero-order valence-corrected chi connectivity index (χ0v) is 11.7. The molecule has 2 aliphatic heterocycles. The van der Waals surface area contributed by atoms with Crippen molar-refractivity contribution in [1.82, 2.24) is 15.5 Å². The van der Waals surface area contributed by atoms with Crippen molar-refractivity contribution in [3.05, 3.63) is 0 Å². The molecule has 0 aromatic carbocycles. The van der Waals surface area contributed by atoms with E-state index in [4.69, 9.17) is 4.74 Å². The predicted molar refractivity (Wildman–Crippen MR) is 72.9 cm³/mol. The van der Waals surface area contributed by atoms with E-state index in [-0.39, 0.29) is 17.9 Å². The summed E-state index contributed by atoms with van der Waals surface area (Å²) in [5.74, 6) is 0.146. The van der Waals surface area contributed by atoms with Crippen molar-refractivity contribution in [3.8, 4) is 0 Å². The van der Waals surface area contributed by atoms with Crippen molar-refractivity contribution in [2.45, 2.75) is 43.8 Å². The second-order valence-electron chi connectivity index (χ2n) is 6.09. The Hall–Kier alpha value is -0.650. The molecule has 0 spiro atoms. The Kier molecular flexibility index (Phi) is 4.05. The van der Waals surface area contributed by atoms with Crippen LogP contribution in [-0.2, 0) is 9.53 Å². The SMILES string of the molecule is CNC1COCC1C(=O)NC1CCN(C2CC2)CC1. The second-order valence-corrected chi connectivity index (χ2v) is 6.09. The molecule has 2 saturated heterocycles. The molecule has 2 heterocycles. The van der Waals surface area contributed by atoms with Crippen LogP contribution in [0.2, 0.25) is 0 Å². The molecule has 5 heteroatoms. The van der Waals surface area contributed by atoms with Gasteiger partial charge in [0.1, 0.15) is 0 Å². The number of hydrogen-bond donors (Lipinski definition) is 2. The maximum atomic E-state index is 12.3. The zero-order chi connectivity index (χ0) is 13.2. The molecule has 19 heavy (non-hydrogen) atoms. The summed E-state index contributed by atoms with van der Waals surface area (Å²) in [5.41, 5.74) is 0. The molecule has 1 saturated carbocycles. The quantitative estimate of drug-likeness (QED) is 0.751. The molecule has 0 aromatic heterocycles. The van der Waals surface area contributed by atoms with E-state index in [1.54, 1.807) is 0 Å². The normalized spacial score (nSPS) is 33.5. The van der Waals surface area contributed by atoms with Gasteiger partial charge in [0.15, 0.2) is 0 Å². The lowest BCUT2D eigenvalue weighted by molar-refractivity contribution is -0.126. The van der Waals surface area contributed by atoms with E-state index in [1.807, 2.05) is 7.05 Å². The van der Waals surface area contributed by atoms with E-state index in [1.165, 1.54) is 12.8 Å². The molecule has 108 valence electrons. The minimum Gasteiger partial charge on any atom is -0.379 e. The number of hydrogen-bond acceptors (Lipinski definition) is 4. The van der Waals surface area contributed by atoms with Crippen molar-refractivity contribution < 1.29 is 9.53 Å². The third kappa shape index (κ3) is 3.09. The number of nitrogens with zero attached hydrogens (tertiary/aromatic N) is 1. The Labute approximate surface area is 115 Å². The summed E-state index contributed by atoms with van der Waals surface area (Å²) >= 11 is 0. The van der Waals surface area contributed by atoms with Crippen LogP contribution in [0.4, 0.5) is 0 Å². The summed E-state index contributed by atoms with van der Waals surface area (Å²) in [5, 5.41) is 6.39. The lowest BCUT2D eigenvalue weighted by Gasteiger charge is -2.33. The van der Waals surface area contributed by atoms with Gasteiger partial charge in [0.05, 0.1) is 19.1 Å². The Morgan fingerprint density at radius 1 is 1.16 bits per heavy atom. The highest BCUT2D eigenvalue weighted by Crippen LogP contribution is 2.29. The Morgan fingerprint density at radius 3 is 2.53 bits per heavy atom. The van der Waals surface area contributed by atoms with Gasteiger partial charge in [0.25, 0.3) is 0 Å². The monoisotopic (exact) mass is 267 g/mol. The van der Waals surface area contributed by atoms with Gasteiger partial charge in [0.2, 0.25) is 5.91 Å². The fourth-order valence-corrected chi connectivity index (χ4v) is 3.25. The zero-order valence-electron chi connectivity index (χ0n) is 11.7. The summed E-state index contributed by atoms with van der Waals surface area (Å²) in [6.07, 6.45) is 4.95. The topological polar surface area (TPSA) is 53.6 Å². The summed E-state index contributed by atoms with van der Waals surface area (Å²) in [6, 6.07) is 1.39. The van der Waals surface area contributed by atoms with Gasteiger partial charge in [0, 0.05) is 31.2 Å². The molecule has 5 nitrogen and oxygen atoms in total. The number of carbonyl (C=O) groups excluding carboxylic acids is 1. The molecule has 2 N–H and O–H groups in total. The number of carbonyl (C=O) groups is 1. The maximum absolute atomic E-state index is 12.3. The number of rotatable bonds is 4. The Balaban J connectivity index is 1.44. The molecule has 2 unspecified atom stereocenters. The maximum Gasteiger partial charge on any atom is 0.227 e. The molecule has 0 radical (unpaired) electrons. The van der Waals surface area contributed by atoms with E-state index < -0.39 is 0 Å². The van der Waals surface area contributed by atoms with E-state index in [0.717, 1.165) is 32.0 Å². The molecule has 3 fully saturated rings. The van der Waals surface area contributed by atoms with Gasteiger partial charge in [-0.1, -0.05) is 0 Å². The fourth-order valence-electron chi connectivity index (χ4n) is 3.25. The number of nitrogens with one attached hydrogen (secondary N) is 2. The van der Waals surface area contributed by atoms with E-state index in [0.29, 0.717) is 19.3 Å². The third-order valence-corrected chi connectivity index (χ3v) is 4.73. The molecular formula is C14H25N3O2. The van der Waals surface area contributed by atoms with Crippen molar-refractivity contribution >= 4 is 5.91 Å². The van der Waals surface area contributed by atoms with Gasteiger partial charge in [-0.15, -0.1) is 0 Å². The summed E-state index contributed by atoms with van der Waals surface area (Å²) in [4.78, 5) is 14.8. The molecule has 3 aliphatic rings. The summed E-state index contributed by atoms with van der Waals surface area (Å²) in [7, 11) is 1.90. The van der Waals surface area contributed by atoms with Gasteiger partial charge in [-0.25, -0.2) is 0 Å². The first kappa shape index (κ1) is 13.3. The van der Waals surface area contributed by atoms with E-state index >= 15 is 0 Å². The van der Waals surface area contributed by atoms with Crippen LogP contribution in [0.1, 0.15) is 25.7 Å². The van der Waals surface area contributed by atoms with Crippen molar-refractivity contribution in [3.63, 3.8) is 0 Å².